The van der Waals surface area contributed by atoms with Gasteiger partial charge in [0.15, 0.2) is 0 Å². The van der Waals surface area contributed by atoms with Gasteiger partial charge in [-0.05, 0) is 24.6 Å². The molecule has 0 atom stereocenters. The fourth-order valence-corrected chi connectivity index (χ4v) is 1.62. The molecule has 1 aromatic carbocycles. The van der Waals surface area contributed by atoms with Gasteiger partial charge in [0.2, 0.25) is 0 Å². The zero-order valence-electron chi connectivity index (χ0n) is 10.5. The number of hydrogen-bond acceptors (Lipinski definition) is 2. The minimum absolute atomic E-state index is 0.0382. The smallest absolute Gasteiger partial charge is 0.416 e. The highest BCUT2D eigenvalue weighted by Gasteiger charge is 2.30. The van der Waals surface area contributed by atoms with Gasteiger partial charge in [0.1, 0.15) is 0 Å². The zero-order chi connectivity index (χ0) is 15.3. The van der Waals surface area contributed by atoms with Crippen LogP contribution < -0.4 is 0 Å². The molecule has 20 heavy (non-hydrogen) atoms. The van der Waals surface area contributed by atoms with Crippen LogP contribution in [-0.2, 0) is 6.18 Å². The first-order chi connectivity index (χ1) is 9.31. The van der Waals surface area contributed by atoms with E-state index in [2.05, 4.69) is 0 Å². The molecular formula is C13H11F3N2O2. The lowest BCUT2D eigenvalue weighted by Crippen LogP contribution is -2.27. The zero-order valence-corrected chi connectivity index (χ0v) is 10.5. The first-order valence-electron chi connectivity index (χ1n) is 5.59. The standard InChI is InChI=1S/C13H11F3N2O2/c1-2-18(12(19)20)11(7-8-17)9-3-5-10(6-4-9)13(14,15)16/h3-7H,2H2,1H3,(H,19,20). The predicted molar refractivity (Wildman–Crippen MR) is 65.4 cm³/mol. The summed E-state index contributed by atoms with van der Waals surface area (Å²) < 4.78 is 37.4. The molecule has 0 unspecified atom stereocenters. The highest BCUT2D eigenvalue weighted by atomic mass is 19.4. The van der Waals surface area contributed by atoms with Gasteiger partial charge in [-0.3, -0.25) is 4.90 Å². The van der Waals surface area contributed by atoms with E-state index in [4.69, 9.17) is 10.4 Å². The highest BCUT2D eigenvalue weighted by molar-refractivity contribution is 5.81. The van der Waals surface area contributed by atoms with Gasteiger partial charge >= 0.3 is 12.3 Å². The predicted octanol–water partition coefficient (Wildman–Crippen LogP) is 3.57. The Morgan fingerprint density at radius 3 is 2.30 bits per heavy atom. The summed E-state index contributed by atoms with van der Waals surface area (Å²) in [6, 6.07) is 5.65. The summed E-state index contributed by atoms with van der Waals surface area (Å²) >= 11 is 0. The Morgan fingerprint density at radius 2 is 1.95 bits per heavy atom. The Labute approximate surface area is 113 Å². The molecule has 106 valence electrons. The molecule has 0 aliphatic carbocycles. The summed E-state index contributed by atoms with van der Waals surface area (Å²) in [6.45, 7) is 1.63. The van der Waals surface area contributed by atoms with Crippen LogP contribution in [0.15, 0.2) is 30.3 Å². The fourth-order valence-electron chi connectivity index (χ4n) is 1.62. The number of benzene rings is 1. The molecule has 0 saturated heterocycles. The van der Waals surface area contributed by atoms with Gasteiger partial charge in [0.25, 0.3) is 0 Å². The lowest BCUT2D eigenvalue weighted by atomic mass is 10.1. The van der Waals surface area contributed by atoms with E-state index >= 15 is 0 Å². The van der Waals surface area contributed by atoms with Crippen molar-refractivity contribution < 1.29 is 23.1 Å². The van der Waals surface area contributed by atoms with Crippen molar-refractivity contribution in [2.24, 2.45) is 0 Å². The second kappa shape index (κ2) is 6.10. The minimum Gasteiger partial charge on any atom is -0.465 e. The van der Waals surface area contributed by atoms with Gasteiger partial charge in [-0.15, -0.1) is 0 Å². The molecule has 0 radical (unpaired) electrons. The van der Waals surface area contributed by atoms with Crippen molar-refractivity contribution in [2.45, 2.75) is 13.1 Å². The Balaban J connectivity index is 3.22. The van der Waals surface area contributed by atoms with Crippen molar-refractivity contribution in [1.82, 2.24) is 4.90 Å². The molecule has 1 aromatic rings. The van der Waals surface area contributed by atoms with Gasteiger partial charge < -0.3 is 5.11 Å². The maximum atomic E-state index is 12.5. The van der Waals surface area contributed by atoms with E-state index < -0.39 is 17.8 Å². The van der Waals surface area contributed by atoms with Crippen LogP contribution in [0.1, 0.15) is 18.1 Å². The van der Waals surface area contributed by atoms with Gasteiger partial charge in [-0.25, -0.2) is 4.79 Å². The van der Waals surface area contributed by atoms with Gasteiger partial charge in [0.05, 0.1) is 17.3 Å². The summed E-state index contributed by atoms with van der Waals surface area (Å²) in [7, 11) is 0. The molecular weight excluding hydrogens is 273 g/mol. The average molecular weight is 284 g/mol. The van der Waals surface area contributed by atoms with Gasteiger partial charge in [0, 0.05) is 12.6 Å². The number of halogens is 3. The van der Waals surface area contributed by atoms with Crippen molar-refractivity contribution in [2.75, 3.05) is 6.54 Å². The molecule has 4 nitrogen and oxygen atoms in total. The molecule has 0 aromatic heterocycles. The molecule has 0 aliphatic rings. The third kappa shape index (κ3) is 3.51. The third-order valence-corrected chi connectivity index (χ3v) is 2.55. The summed E-state index contributed by atoms with van der Waals surface area (Å²) in [6.07, 6.45) is -4.76. The second-order valence-electron chi connectivity index (χ2n) is 3.76. The summed E-state index contributed by atoms with van der Waals surface area (Å²) in [5.74, 6) is 0. The van der Waals surface area contributed by atoms with E-state index in [1.54, 1.807) is 13.0 Å². The van der Waals surface area contributed by atoms with Crippen LogP contribution in [0.25, 0.3) is 5.70 Å². The van der Waals surface area contributed by atoms with Crippen LogP contribution in [0, 0.1) is 11.3 Å². The minimum atomic E-state index is -4.46. The van der Waals surface area contributed by atoms with Crippen LogP contribution >= 0.6 is 0 Å². The summed E-state index contributed by atoms with van der Waals surface area (Å²) in [4.78, 5) is 11.9. The van der Waals surface area contributed by atoms with Crippen LogP contribution in [-0.4, -0.2) is 22.6 Å². The fraction of sp³-hybridized carbons (Fsp3) is 0.231. The van der Waals surface area contributed by atoms with E-state index in [0.717, 1.165) is 35.2 Å². The van der Waals surface area contributed by atoms with E-state index in [9.17, 15) is 18.0 Å². The molecule has 1 N–H and O–H groups in total. The monoisotopic (exact) mass is 284 g/mol. The second-order valence-corrected chi connectivity index (χ2v) is 3.76. The van der Waals surface area contributed by atoms with Crippen LogP contribution in [0.5, 0.6) is 0 Å². The molecule has 1 amide bonds. The lowest BCUT2D eigenvalue weighted by Gasteiger charge is -2.20. The Hall–Kier alpha value is -2.49. The van der Waals surface area contributed by atoms with Crippen LogP contribution in [0.3, 0.4) is 0 Å². The average Bonchev–Trinajstić information content (AvgIpc) is 2.37. The van der Waals surface area contributed by atoms with Crippen LogP contribution in [0.2, 0.25) is 0 Å². The van der Waals surface area contributed by atoms with E-state index in [1.807, 2.05) is 0 Å². The summed E-state index contributed by atoms with van der Waals surface area (Å²) in [5.41, 5.74) is -0.573. The molecule has 1 rings (SSSR count). The number of carboxylic acid groups (broad SMARTS) is 1. The third-order valence-electron chi connectivity index (χ3n) is 2.55. The Kier molecular flexibility index (Phi) is 4.75. The number of rotatable bonds is 3. The number of carbonyl (C=O) groups is 1. The van der Waals surface area contributed by atoms with Crippen molar-refractivity contribution in [3.05, 3.63) is 41.5 Å². The quantitative estimate of drug-likeness (QED) is 0.863. The first kappa shape index (κ1) is 15.6. The molecule has 0 spiro atoms. The number of amides is 1. The van der Waals surface area contributed by atoms with E-state index in [-0.39, 0.29) is 17.8 Å². The van der Waals surface area contributed by atoms with Crippen molar-refractivity contribution in [3.8, 4) is 6.07 Å². The normalized spacial score (nSPS) is 11.8. The largest absolute Gasteiger partial charge is 0.465 e. The number of nitrogens with zero attached hydrogens (tertiary/aromatic N) is 2. The SMILES string of the molecule is CCN(C(=O)O)C(=CC#N)c1ccc(C(F)(F)F)cc1. The Morgan fingerprint density at radius 1 is 1.40 bits per heavy atom. The van der Waals surface area contributed by atoms with E-state index in [0.29, 0.717) is 0 Å². The Bertz CT molecular complexity index is 556. The molecule has 0 aliphatic heterocycles. The van der Waals surface area contributed by atoms with Crippen molar-refractivity contribution in [3.63, 3.8) is 0 Å². The number of hydrogen-bond donors (Lipinski definition) is 1. The lowest BCUT2D eigenvalue weighted by molar-refractivity contribution is -0.137. The molecule has 7 heteroatoms. The van der Waals surface area contributed by atoms with Gasteiger partial charge in [-0.2, -0.15) is 18.4 Å². The molecule has 0 saturated carbocycles. The van der Waals surface area contributed by atoms with Gasteiger partial charge in [-0.1, -0.05) is 12.1 Å². The number of nitriles is 1. The van der Waals surface area contributed by atoms with Crippen LogP contribution in [0.4, 0.5) is 18.0 Å². The molecule has 0 bridgehead atoms. The highest BCUT2D eigenvalue weighted by Crippen LogP contribution is 2.30. The number of allylic oxidation sites excluding steroid dienone is 1. The maximum Gasteiger partial charge on any atom is 0.416 e. The van der Waals surface area contributed by atoms with Crippen molar-refractivity contribution in [1.29, 1.82) is 5.26 Å². The first-order valence-corrected chi connectivity index (χ1v) is 5.59. The molecule has 0 fully saturated rings. The molecule has 0 heterocycles. The number of alkyl halides is 3. The topological polar surface area (TPSA) is 64.3 Å². The summed E-state index contributed by atoms with van der Waals surface area (Å²) in [5, 5.41) is 17.7. The maximum absolute atomic E-state index is 12.5. The van der Waals surface area contributed by atoms with Crippen molar-refractivity contribution >= 4 is 11.8 Å². The van der Waals surface area contributed by atoms with E-state index in [1.165, 1.54) is 0 Å².